The van der Waals surface area contributed by atoms with Crippen LogP contribution >= 0.6 is 0 Å². The lowest BCUT2D eigenvalue weighted by atomic mass is 10.2. The fraction of sp³-hybridized carbons (Fsp3) is 0.833. The second-order valence-electron chi connectivity index (χ2n) is 2.15. The molecular weight excluding hydrogens is 159 g/mol. The van der Waals surface area contributed by atoms with Crippen LogP contribution in [0.3, 0.4) is 0 Å². The van der Waals surface area contributed by atoms with Crippen molar-refractivity contribution in [2.45, 2.75) is 32.5 Å². The molecule has 0 saturated heterocycles. The molecule has 0 fully saturated rings. The van der Waals surface area contributed by atoms with Gasteiger partial charge in [0.25, 0.3) is 0 Å². The molecule has 0 heterocycles. The molecule has 0 aliphatic rings. The summed E-state index contributed by atoms with van der Waals surface area (Å²) < 4.78 is 34.2. The van der Waals surface area contributed by atoms with Crippen LogP contribution < -0.4 is 5.32 Å². The van der Waals surface area contributed by atoms with Crippen LogP contribution in [0.15, 0.2) is 0 Å². The van der Waals surface area contributed by atoms with Crippen molar-refractivity contribution >= 4 is 5.91 Å². The maximum atomic E-state index is 11.4. The monoisotopic (exact) mass is 169 g/mol. The minimum atomic E-state index is -4.58. The van der Waals surface area contributed by atoms with Crippen molar-refractivity contribution in [3.05, 3.63) is 0 Å². The first-order valence-corrected chi connectivity index (χ1v) is 3.33. The Labute approximate surface area is 62.8 Å². The molecule has 0 spiro atoms. The number of carbonyl (C=O) groups excluding carboxylic acids is 1. The predicted octanol–water partition coefficient (Wildman–Crippen LogP) is 1.81. The molecule has 0 unspecified atom stereocenters. The molecule has 0 bridgehead atoms. The number of halogens is 3. The van der Waals surface area contributed by atoms with E-state index in [4.69, 9.17) is 0 Å². The van der Waals surface area contributed by atoms with E-state index in [1.165, 1.54) is 0 Å². The SMILES string of the molecule is CCCCC(=O)NC(F)(F)F. The third kappa shape index (κ3) is 7.15. The third-order valence-corrected chi connectivity index (χ3v) is 1.04. The Kier molecular flexibility index (Phi) is 3.92. The Morgan fingerprint density at radius 2 is 2.00 bits per heavy atom. The number of hydrogen-bond acceptors (Lipinski definition) is 1. The van der Waals surface area contributed by atoms with E-state index >= 15 is 0 Å². The number of hydrogen-bond donors (Lipinski definition) is 1. The Morgan fingerprint density at radius 3 is 2.36 bits per heavy atom. The summed E-state index contributed by atoms with van der Waals surface area (Å²) in [7, 11) is 0. The highest BCUT2D eigenvalue weighted by molar-refractivity contribution is 5.76. The van der Waals surface area contributed by atoms with Crippen molar-refractivity contribution in [1.29, 1.82) is 0 Å². The minimum absolute atomic E-state index is 0.0595. The molecule has 1 N–H and O–H groups in total. The highest BCUT2D eigenvalue weighted by Crippen LogP contribution is 2.09. The second-order valence-corrected chi connectivity index (χ2v) is 2.15. The highest BCUT2D eigenvalue weighted by atomic mass is 19.4. The van der Waals surface area contributed by atoms with Gasteiger partial charge in [0.1, 0.15) is 0 Å². The molecule has 0 rings (SSSR count). The average molecular weight is 169 g/mol. The van der Waals surface area contributed by atoms with E-state index in [2.05, 4.69) is 0 Å². The zero-order chi connectivity index (χ0) is 8.91. The number of alkyl halides is 3. The van der Waals surface area contributed by atoms with Crippen LogP contribution in [0.2, 0.25) is 0 Å². The first-order valence-electron chi connectivity index (χ1n) is 3.33. The molecule has 0 aromatic carbocycles. The van der Waals surface area contributed by atoms with Crippen LogP contribution in [0, 0.1) is 0 Å². The van der Waals surface area contributed by atoms with Gasteiger partial charge < -0.3 is 0 Å². The first-order chi connectivity index (χ1) is 4.95. The molecule has 0 saturated carbocycles. The van der Waals surface area contributed by atoms with Crippen LogP contribution in [0.25, 0.3) is 0 Å². The van der Waals surface area contributed by atoms with Gasteiger partial charge in [-0.2, -0.15) is 13.2 Å². The van der Waals surface area contributed by atoms with Gasteiger partial charge in [0.15, 0.2) is 0 Å². The second kappa shape index (κ2) is 4.20. The van der Waals surface area contributed by atoms with E-state index in [0.717, 1.165) is 5.32 Å². The van der Waals surface area contributed by atoms with E-state index in [1.54, 1.807) is 6.92 Å². The molecule has 0 aliphatic heterocycles. The normalized spacial score (nSPS) is 11.3. The van der Waals surface area contributed by atoms with Gasteiger partial charge in [0.05, 0.1) is 0 Å². The molecule has 66 valence electrons. The van der Waals surface area contributed by atoms with Gasteiger partial charge in [-0.1, -0.05) is 13.3 Å². The topological polar surface area (TPSA) is 29.1 Å². The summed E-state index contributed by atoms with van der Waals surface area (Å²) in [5.41, 5.74) is 0. The maximum absolute atomic E-state index is 11.4. The van der Waals surface area contributed by atoms with E-state index in [1.807, 2.05) is 0 Å². The van der Waals surface area contributed by atoms with E-state index < -0.39 is 12.2 Å². The fourth-order valence-electron chi connectivity index (χ4n) is 0.558. The van der Waals surface area contributed by atoms with Gasteiger partial charge in [-0.15, -0.1) is 0 Å². The lowest BCUT2D eigenvalue weighted by molar-refractivity contribution is -0.169. The number of amides is 1. The van der Waals surface area contributed by atoms with Gasteiger partial charge in [-0.25, -0.2) is 0 Å². The number of carbonyl (C=O) groups is 1. The van der Waals surface area contributed by atoms with Crippen LogP contribution in [0.5, 0.6) is 0 Å². The van der Waals surface area contributed by atoms with Gasteiger partial charge >= 0.3 is 6.30 Å². The third-order valence-electron chi connectivity index (χ3n) is 1.04. The van der Waals surface area contributed by atoms with Crippen molar-refractivity contribution < 1.29 is 18.0 Å². The van der Waals surface area contributed by atoms with E-state index in [-0.39, 0.29) is 6.42 Å². The largest absolute Gasteiger partial charge is 0.484 e. The predicted molar refractivity (Wildman–Crippen MR) is 33.7 cm³/mol. The van der Waals surface area contributed by atoms with Crippen molar-refractivity contribution in [1.82, 2.24) is 5.32 Å². The van der Waals surface area contributed by atoms with Crippen molar-refractivity contribution in [3.63, 3.8) is 0 Å². The fourth-order valence-corrected chi connectivity index (χ4v) is 0.558. The Balaban J connectivity index is 3.53. The van der Waals surface area contributed by atoms with Gasteiger partial charge in [0.2, 0.25) is 5.91 Å². The van der Waals surface area contributed by atoms with Gasteiger partial charge in [-0.3, -0.25) is 10.1 Å². The Bertz CT molecular complexity index is 132. The molecular formula is C6H10F3NO. The van der Waals surface area contributed by atoms with Crippen LogP contribution in [0.4, 0.5) is 13.2 Å². The summed E-state index contributed by atoms with van der Waals surface area (Å²) in [6.07, 6.45) is -3.44. The zero-order valence-corrected chi connectivity index (χ0v) is 6.16. The van der Waals surface area contributed by atoms with Crippen molar-refractivity contribution in [3.8, 4) is 0 Å². The quantitative estimate of drug-likeness (QED) is 0.641. The summed E-state index contributed by atoms with van der Waals surface area (Å²) in [6.45, 7) is 1.81. The number of nitrogens with one attached hydrogen (secondary N) is 1. The van der Waals surface area contributed by atoms with Crippen LogP contribution in [-0.4, -0.2) is 12.2 Å². The zero-order valence-electron chi connectivity index (χ0n) is 6.16. The summed E-state index contributed by atoms with van der Waals surface area (Å²) >= 11 is 0. The average Bonchev–Trinajstić information content (AvgIpc) is 1.79. The van der Waals surface area contributed by atoms with Gasteiger partial charge in [0, 0.05) is 6.42 Å². The molecule has 0 aromatic rings. The summed E-state index contributed by atoms with van der Waals surface area (Å²) in [6, 6.07) is 0. The van der Waals surface area contributed by atoms with Crippen molar-refractivity contribution in [2.75, 3.05) is 0 Å². The molecule has 0 aromatic heterocycles. The summed E-state index contributed by atoms with van der Waals surface area (Å²) in [5.74, 6) is -0.959. The standard InChI is InChI=1S/C6H10F3NO/c1-2-3-4-5(11)10-6(7,8)9/h2-4H2,1H3,(H,10,11). The molecule has 11 heavy (non-hydrogen) atoms. The highest BCUT2D eigenvalue weighted by Gasteiger charge is 2.29. The maximum Gasteiger partial charge on any atom is 0.484 e. The van der Waals surface area contributed by atoms with E-state index in [9.17, 15) is 18.0 Å². The molecule has 1 amide bonds. The smallest absolute Gasteiger partial charge is 0.275 e. The van der Waals surface area contributed by atoms with Crippen LogP contribution in [-0.2, 0) is 4.79 Å². The number of rotatable bonds is 3. The Morgan fingerprint density at radius 1 is 1.45 bits per heavy atom. The lowest BCUT2D eigenvalue weighted by Gasteiger charge is -2.06. The summed E-state index contributed by atoms with van der Waals surface area (Å²) in [4.78, 5) is 10.4. The molecule has 2 nitrogen and oxygen atoms in total. The molecule has 0 radical (unpaired) electrons. The molecule has 5 heteroatoms. The number of unbranched alkanes of at least 4 members (excludes halogenated alkanes) is 1. The van der Waals surface area contributed by atoms with Gasteiger partial charge in [-0.05, 0) is 6.42 Å². The molecule has 0 atom stereocenters. The van der Waals surface area contributed by atoms with Crippen molar-refractivity contribution in [2.24, 2.45) is 0 Å². The first kappa shape index (κ1) is 10.3. The lowest BCUT2D eigenvalue weighted by Crippen LogP contribution is -2.36. The summed E-state index contributed by atoms with van der Waals surface area (Å²) in [5, 5.41) is 0.915. The molecule has 0 aliphatic carbocycles. The van der Waals surface area contributed by atoms with E-state index in [0.29, 0.717) is 12.8 Å². The minimum Gasteiger partial charge on any atom is -0.275 e. The van der Waals surface area contributed by atoms with Crippen LogP contribution in [0.1, 0.15) is 26.2 Å². The Hall–Kier alpha value is -0.740.